The van der Waals surface area contributed by atoms with Gasteiger partial charge < -0.3 is 9.72 Å². The van der Waals surface area contributed by atoms with Gasteiger partial charge in [0.2, 0.25) is 0 Å². The van der Waals surface area contributed by atoms with Crippen molar-refractivity contribution in [1.82, 2.24) is 9.97 Å². The van der Waals surface area contributed by atoms with E-state index in [0.717, 1.165) is 33.2 Å². The van der Waals surface area contributed by atoms with Crippen molar-refractivity contribution in [2.75, 3.05) is 7.11 Å². The Kier molecular flexibility index (Phi) is 3.45. The number of nitrogens with zero attached hydrogens (tertiary/aromatic N) is 1. The highest BCUT2D eigenvalue weighted by molar-refractivity contribution is 9.10. The summed E-state index contributed by atoms with van der Waals surface area (Å²) in [5.74, 6) is 0.792. The topological polar surface area (TPSA) is 37.9 Å². The van der Waals surface area contributed by atoms with Crippen molar-refractivity contribution in [3.63, 3.8) is 0 Å². The molecule has 90 valence electrons. The number of halogens is 2. The Morgan fingerprint density at radius 3 is 2.65 bits per heavy atom. The van der Waals surface area contributed by atoms with Crippen LogP contribution in [0.3, 0.4) is 0 Å². The molecule has 0 saturated carbocycles. The second kappa shape index (κ2) is 4.70. The maximum absolute atomic E-state index is 6.27. The first-order chi connectivity index (χ1) is 8.04. The number of H-pyrrole nitrogens is 1. The molecule has 0 bridgehead atoms. The Bertz CT molecular complexity index is 566. The molecule has 2 aromatic rings. The molecule has 17 heavy (non-hydrogen) atoms. The number of methoxy groups -OCH3 is 1. The molecule has 0 aliphatic heterocycles. The zero-order valence-electron chi connectivity index (χ0n) is 9.77. The van der Waals surface area contributed by atoms with E-state index in [-0.39, 0.29) is 0 Å². The number of aromatic amines is 1. The quantitative estimate of drug-likeness (QED) is 0.905. The largest absolute Gasteiger partial charge is 0.496 e. The highest BCUT2D eigenvalue weighted by atomic mass is 79.9. The number of aryl methyl sites for hydroxylation is 1. The van der Waals surface area contributed by atoms with Crippen molar-refractivity contribution in [2.24, 2.45) is 0 Å². The zero-order chi connectivity index (χ0) is 12.6. The lowest BCUT2D eigenvalue weighted by atomic mass is 10.0. The molecule has 5 heteroatoms. The summed E-state index contributed by atoms with van der Waals surface area (Å²) in [6.07, 6.45) is 1.75. The first-order valence-electron chi connectivity index (χ1n) is 5.09. The van der Waals surface area contributed by atoms with Gasteiger partial charge in [-0.1, -0.05) is 11.6 Å². The Morgan fingerprint density at radius 1 is 1.41 bits per heavy atom. The normalized spacial score (nSPS) is 10.6. The molecule has 1 aromatic carbocycles. The molecule has 0 unspecified atom stereocenters. The fourth-order valence-corrected chi connectivity index (χ4v) is 2.31. The average Bonchev–Trinajstić information content (AvgIpc) is 2.71. The number of benzene rings is 1. The molecule has 0 saturated heterocycles. The van der Waals surface area contributed by atoms with E-state index in [1.54, 1.807) is 13.3 Å². The molecular formula is C12H12BrClN2O. The molecule has 2 rings (SSSR count). The number of imidazole rings is 1. The van der Waals surface area contributed by atoms with E-state index in [2.05, 4.69) is 25.9 Å². The monoisotopic (exact) mass is 314 g/mol. The first kappa shape index (κ1) is 12.5. The second-order valence-corrected chi connectivity index (χ2v) is 4.93. The third-order valence-corrected chi connectivity index (χ3v) is 3.66. The average molecular weight is 316 g/mol. The maximum atomic E-state index is 6.27. The van der Waals surface area contributed by atoms with Gasteiger partial charge in [-0.25, -0.2) is 4.98 Å². The highest BCUT2D eigenvalue weighted by Gasteiger charge is 2.15. The molecule has 0 aliphatic rings. The third kappa shape index (κ3) is 2.19. The van der Waals surface area contributed by atoms with Gasteiger partial charge in [-0.15, -0.1) is 0 Å². The van der Waals surface area contributed by atoms with Crippen LogP contribution in [0.25, 0.3) is 11.3 Å². The van der Waals surface area contributed by atoms with Gasteiger partial charge in [-0.3, -0.25) is 0 Å². The Balaban J connectivity index is 2.71. The molecule has 0 amide bonds. The molecular weight excluding hydrogens is 304 g/mol. The van der Waals surface area contributed by atoms with Crippen molar-refractivity contribution in [2.45, 2.75) is 13.8 Å². The van der Waals surface area contributed by atoms with Gasteiger partial charge in [-0.05, 0) is 47.0 Å². The van der Waals surface area contributed by atoms with Crippen LogP contribution in [0, 0.1) is 13.8 Å². The number of ether oxygens (including phenoxy) is 1. The minimum Gasteiger partial charge on any atom is -0.496 e. The SMILES string of the molecule is COc1cc(C)c(Cl)c(C)c1-c1cnc(Br)[nH]1. The van der Waals surface area contributed by atoms with Crippen LogP contribution in [0.4, 0.5) is 0 Å². The van der Waals surface area contributed by atoms with E-state index in [1.165, 1.54) is 0 Å². The van der Waals surface area contributed by atoms with Crippen LogP contribution >= 0.6 is 27.5 Å². The second-order valence-electron chi connectivity index (χ2n) is 3.80. The molecule has 0 fully saturated rings. The Morgan fingerprint density at radius 2 is 2.12 bits per heavy atom. The maximum Gasteiger partial charge on any atom is 0.174 e. The summed E-state index contributed by atoms with van der Waals surface area (Å²) in [5.41, 5.74) is 3.82. The van der Waals surface area contributed by atoms with Gasteiger partial charge in [0.15, 0.2) is 4.73 Å². The van der Waals surface area contributed by atoms with E-state index in [1.807, 2.05) is 19.9 Å². The lowest BCUT2D eigenvalue weighted by Gasteiger charge is -2.13. The van der Waals surface area contributed by atoms with Crippen LogP contribution in [0.1, 0.15) is 11.1 Å². The Labute approximate surface area is 113 Å². The van der Waals surface area contributed by atoms with Gasteiger partial charge in [-0.2, -0.15) is 0 Å². The summed E-state index contributed by atoms with van der Waals surface area (Å²) in [6, 6.07) is 1.93. The predicted octanol–water partition coefficient (Wildman–Crippen LogP) is 4.12. The van der Waals surface area contributed by atoms with Crippen LogP contribution in [0.5, 0.6) is 5.75 Å². The number of aromatic nitrogens is 2. The molecule has 0 atom stereocenters. The van der Waals surface area contributed by atoms with E-state index in [9.17, 15) is 0 Å². The van der Waals surface area contributed by atoms with Gasteiger partial charge in [0.25, 0.3) is 0 Å². The van der Waals surface area contributed by atoms with Gasteiger partial charge in [0.1, 0.15) is 5.75 Å². The smallest absolute Gasteiger partial charge is 0.174 e. The van der Waals surface area contributed by atoms with Crippen LogP contribution in [-0.4, -0.2) is 17.1 Å². The summed E-state index contributed by atoms with van der Waals surface area (Å²) in [6.45, 7) is 3.94. The lowest BCUT2D eigenvalue weighted by Crippen LogP contribution is -1.94. The summed E-state index contributed by atoms with van der Waals surface area (Å²) in [7, 11) is 1.65. The summed E-state index contributed by atoms with van der Waals surface area (Å²) < 4.78 is 6.09. The fraction of sp³-hybridized carbons (Fsp3) is 0.250. The first-order valence-corrected chi connectivity index (χ1v) is 6.26. The van der Waals surface area contributed by atoms with Crippen molar-refractivity contribution < 1.29 is 4.74 Å². The Hall–Kier alpha value is -1.00. The fourth-order valence-electron chi connectivity index (χ4n) is 1.84. The molecule has 1 N–H and O–H groups in total. The van der Waals surface area contributed by atoms with Crippen LogP contribution in [0.2, 0.25) is 5.02 Å². The standard InChI is InChI=1S/C12H12BrClN2O/c1-6-4-9(17-3)10(7(2)11(6)14)8-5-15-12(13)16-8/h4-5H,1-3H3,(H,15,16). The van der Waals surface area contributed by atoms with Crippen LogP contribution < -0.4 is 4.74 Å². The number of hydrogen-bond acceptors (Lipinski definition) is 2. The van der Waals surface area contributed by atoms with Gasteiger partial charge in [0.05, 0.1) is 19.0 Å². The van der Waals surface area contributed by atoms with E-state index in [4.69, 9.17) is 16.3 Å². The minimum atomic E-state index is 0.686. The third-order valence-electron chi connectivity index (χ3n) is 2.68. The van der Waals surface area contributed by atoms with E-state index in [0.29, 0.717) is 4.73 Å². The van der Waals surface area contributed by atoms with Crippen LogP contribution in [-0.2, 0) is 0 Å². The summed E-state index contributed by atoms with van der Waals surface area (Å²) >= 11 is 9.56. The predicted molar refractivity (Wildman–Crippen MR) is 72.8 cm³/mol. The lowest BCUT2D eigenvalue weighted by molar-refractivity contribution is 0.415. The van der Waals surface area contributed by atoms with Crippen LogP contribution in [0.15, 0.2) is 17.0 Å². The molecule has 0 aliphatic carbocycles. The van der Waals surface area contributed by atoms with E-state index < -0.39 is 0 Å². The highest BCUT2D eigenvalue weighted by Crippen LogP contribution is 2.38. The molecule has 0 spiro atoms. The van der Waals surface area contributed by atoms with Gasteiger partial charge >= 0.3 is 0 Å². The number of nitrogens with one attached hydrogen (secondary N) is 1. The number of rotatable bonds is 2. The van der Waals surface area contributed by atoms with Crippen molar-refractivity contribution in [1.29, 1.82) is 0 Å². The van der Waals surface area contributed by atoms with Crippen molar-refractivity contribution >= 4 is 27.5 Å². The van der Waals surface area contributed by atoms with Crippen molar-refractivity contribution in [3.8, 4) is 17.0 Å². The number of hydrogen-bond donors (Lipinski definition) is 1. The molecule has 1 heterocycles. The van der Waals surface area contributed by atoms with Crippen molar-refractivity contribution in [3.05, 3.63) is 33.1 Å². The van der Waals surface area contributed by atoms with Gasteiger partial charge in [0, 0.05) is 10.6 Å². The zero-order valence-corrected chi connectivity index (χ0v) is 12.1. The summed E-state index contributed by atoms with van der Waals surface area (Å²) in [5, 5.41) is 0.756. The summed E-state index contributed by atoms with van der Waals surface area (Å²) in [4.78, 5) is 7.25. The minimum absolute atomic E-state index is 0.686. The van der Waals surface area contributed by atoms with E-state index >= 15 is 0 Å². The molecule has 3 nitrogen and oxygen atoms in total. The molecule has 0 radical (unpaired) electrons. The molecule has 1 aromatic heterocycles.